The van der Waals surface area contributed by atoms with E-state index in [0.29, 0.717) is 5.92 Å². The van der Waals surface area contributed by atoms with Crippen LogP contribution in [0, 0.1) is 25.2 Å². The minimum absolute atomic E-state index is 0.218. The third kappa shape index (κ3) is 3.35. The molecule has 6 rings (SSSR count). The van der Waals surface area contributed by atoms with E-state index in [9.17, 15) is 0 Å². The number of ether oxygens (including phenoxy) is 1. The maximum absolute atomic E-state index is 6.92. The smallest absolute Gasteiger partial charge is 0.257 e. The first kappa shape index (κ1) is 21.7. The zero-order chi connectivity index (χ0) is 23.8. The molecule has 1 aliphatic carbocycles. The molecule has 34 heavy (non-hydrogen) atoms. The van der Waals surface area contributed by atoms with Gasteiger partial charge in [0.05, 0.1) is 17.4 Å². The van der Waals surface area contributed by atoms with Crippen LogP contribution < -0.4 is 9.30 Å². The van der Waals surface area contributed by atoms with Crippen LogP contribution in [-0.4, -0.2) is 0 Å². The molecule has 2 aromatic heterocycles. The highest BCUT2D eigenvalue weighted by Crippen LogP contribution is 2.51. The summed E-state index contributed by atoms with van der Waals surface area (Å²) in [5, 5.41) is 2.53. The number of furan rings is 1. The Morgan fingerprint density at radius 1 is 1.06 bits per heavy atom. The van der Waals surface area contributed by atoms with Crippen LogP contribution in [-0.2, 0) is 19.9 Å². The molecule has 0 atom stereocenters. The summed E-state index contributed by atoms with van der Waals surface area (Å²) in [6.45, 7) is 11.4. The Balaban J connectivity index is 1.67. The van der Waals surface area contributed by atoms with Crippen molar-refractivity contribution in [3.63, 3.8) is 0 Å². The minimum Gasteiger partial charge on any atom is -0.457 e. The molecule has 1 aliphatic heterocycles. The Kier molecular flexibility index (Phi) is 4.85. The van der Waals surface area contributed by atoms with Gasteiger partial charge in [0.25, 0.3) is 11.2 Å². The maximum Gasteiger partial charge on any atom is 0.257 e. The lowest BCUT2D eigenvalue weighted by Gasteiger charge is -2.26. The summed E-state index contributed by atoms with van der Waals surface area (Å²) in [5.41, 5.74) is 10.1. The Morgan fingerprint density at radius 3 is 2.56 bits per heavy atom. The molecule has 0 saturated heterocycles. The molecule has 0 amide bonds. The number of rotatable bonds is 3. The first-order valence-electron chi connectivity index (χ1n) is 12.9. The third-order valence-corrected chi connectivity index (χ3v) is 8.04. The van der Waals surface area contributed by atoms with E-state index in [-0.39, 0.29) is 5.41 Å². The van der Waals surface area contributed by atoms with Gasteiger partial charge in [-0.2, -0.15) is 4.57 Å². The quantitative estimate of drug-likeness (QED) is 0.257. The summed E-state index contributed by atoms with van der Waals surface area (Å²) in [6, 6.07) is 9.12. The van der Waals surface area contributed by atoms with E-state index in [1.807, 2.05) is 6.26 Å². The number of benzene rings is 2. The van der Waals surface area contributed by atoms with Crippen LogP contribution in [0.3, 0.4) is 0 Å². The summed E-state index contributed by atoms with van der Waals surface area (Å²) >= 11 is 0. The van der Waals surface area contributed by atoms with E-state index in [4.69, 9.17) is 9.15 Å². The molecule has 176 valence electrons. The summed E-state index contributed by atoms with van der Waals surface area (Å²) in [4.78, 5) is 0. The number of pyridine rings is 1. The predicted octanol–water partition coefficient (Wildman–Crippen LogP) is 8.12. The second kappa shape index (κ2) is 7.60. The second-order valence-corrected chi connectivity index (χ2v) is 11.9. The molecule has 0 bridgehead atoms. The summed E-state index contributed by atoms with van der Waals surface area (Å²) in [7, 11) is 2.16. The molecule has 2 aromatic carbocycles. The lowest BCUT2D eigenvalue weighted by Crippen LogP contribution is -2.34. The van der Waals surface area contributed by atoms with E-state index in [0.717, 1.165) is 35.4 Å². The van der Waals surface area contributed by atoms with Gasteiger partial charge in [0.1, 0.15) is 12.8 Å². The van der Waals surface area contributed by atoms with Gasteiger partial charge in [-0.15, -0.1) is 0 Å². The number of nitrogens with zero attached hydrogens (tertiary/aromatic N) is 1. The third-order valence-electron chi connectivity index (χ3n) is 8.04. The van der Waals surface area contributed by atoms with Crippen LogP contribution in [0.1, 0.15) is 68.7 Å². The predicted molar refractivity (Wildman–Crippen MR) is 139 cm³/mol. The Labute approximate surface area is 202 Å². The van der Waals surface area contributed by atoms with Crippen LogP contribution in [0.4, 0.5) is 0 Å². The molecule has 0 unspecified atom stereocenters. The van der Waals surface area contributed by atoms with Crippen LogP contribution >= 0.6 is 0 Å². The van der Waals surface area contributed by atoms with E-state index >= 15 is 0 Å². The Hall–Kier alpha value is -2.81. The summed E-state index contributed by atoms with van der Waals surface area (Å²) in [5.74, 6) is 2.72. The average molecular weight is 455 g/mol. The number of aryl methyl sites for hydroxylation is 2. The molecular weight excluding hydrogens is 418 g/mol. The van der Waals surface area contributed by atoms with Crippen molar-refractivity contribution < 1.29 is 13.7 Å². The highest BCUT2D eigenvalue weighted by Gasteiger charge is 2.37. The van der Waals surface area contributed by atoms with E-state index < -0.39 is 0 Å². The first-order chi connectivity index (χ1) is 16.2. The van der Waals surface area contributed by atoms with Crippen molar-refractivity contribution in [1.82, 2.24) is 0 Å². The van der Waals surface area contributed by atoms with Gasteiger partial charge in [-0.05, 0) is 66.2 Å². The topological polar surface area (TPSA) is 26.2 Å². The van der Waals surface area contributed by atoms with Gasteiger partial charge in [-0.25, -0.2) is 0 Å². The number of aromatic nitrogens is 1. The van der Waals surface area contributed by atoms with Gasteiger partial charge in [-0.1, -0.05) is 58.6 Å². The van der Waals surface area contributed by atoms with Gasteiger partial charge in [0.15, 0.2) is 0 Å². The zero-order valence-electron chi connectivity index (χ0n) is 21.5. The molecule has 1 fully saturated rings. The lowest BCUT2D eigenvalue weighted by molar-refractivity contribution is -0.634. The van der Waals surface area contributed by atoms with Crippen molar-refractivity contribution in [1.29, 1.82) is 0 Å². The fourth-order valence-corrected chi connectivity index (χ4v) is 6.40. The fraction of sp³-hybridized carbons (Fsp3) is 0.452. The molecule has 3 nitrogen and oxygen atoms in total. The number of hydrogen-bond donors (Lipinski definition) is 0. The van der Waals surface area contributed by atoms with Crippen LogP contribution in [0.5, 0.6) is 11.5 Å². The molecule has 1 saturated carbocycles. The largest absolute Gasteiger partial charge is 0.457 e. The molecule has 2 aliphatic rings. The standard InChI is InChI=1S/C31H36NO2/c1-18-13-22-14-21(17-31(3,4)5)16-25-27(22)26(19(18)2)28-30(34-25)23(15-20-9-7-8-10-20)29-24(32(28)6)11-12-33-29/h11-14,16,20H,7-10,15,17H2,1-6H3/q+1. The Bertz CT molecular complexity index is 1440. The van der Waals surface area contributed by atoms with Gasteiger partial charge in [0.2, 0.25) is 11.3 Å². The molecular formula is C31H36NO2+. The van der Waals surface area contributed by atoms with Crippen molar-refractivity contribution in [2.45, 2.75) is 73.1 Å². The van der Waals surface area contributed by atoms with Crippen LogP contribution in [0.2, 0.25) is 0 Å². The number of fused-ring (bicyclic) bond motifs is 3. The lowest BCUT2D eigenvalue weighted by atomic mass is 9.84. The molecule has 0 radical (unpaired) electrons. The van der Waals surface area contributed by atoms with Crippen molar-refractivity contribution >= 4 is 21.9 Å². The van der Waals surface area contributed by atoms with Gasteiger partial charge in [0, 0.05) is 11.5 Å². The van der Waals surface area contributed by atoms with Gasteiger partial charge >= 0.3 is 0 Å². The van der Waals surface area contributed by atoms with Crippen molar-refractivity contribution in [2.75, 3.05) is 0 Å². The zero-order valence-corrected chi connectivity index (χ0v) is 21.5. The Morgan fingerprint density at radius 2 is 1.82 bits per heavy atom. The SMILES string of the molecule is Cc1cc2cc(CC(C)(C)C)cc3c2c(c1C)-c1c(c(CC2CCCC2)c2occc2[n+]1C)O3. The molecule has 3 heteroatoms. The van der Waals surface area contributed by atoms with Crippen molar-refractivity contribution in [3.8, 4) is 22.8 Å². The van der Waals surface area contributed by atoms with Crippen molar-refractivity contribution in [2.24, 2.45) is 18.4 Å². The highest BCUT2D eigenvalue weighted by atomic mass is 16.5. The summed E-state index contributed by atoms with van der Waals surface area (Å²) in [6.07, 6.45) is 9.17. The molecule has 0 spiro atoms. The van der Waals surface area contributed by atoms with Gasteiger partial charge in [-0.3, -0.25) is 0 Å². The van der Waals surface area contributed by atoms with E-state index in [1.54, 1.807) is 0 Å². The first-order valence-corrected chi connectivity index (χ1v) is 12.9. The van der Waals surface area contributed by atoms with Crippen LogP contribution in [0.15, 0.2) is 34.9 Å². The summed E-state index contributed by atoms with van der Waals surface area (Å²) < 4.78 is 15.3. The maximum atomic E-state index is 6.92. The molecule has 3 heterocycles. The highest BCUT2D eigenvalue weighted by molar-refractivity contribution is 6.05. The molecule has 4 aromatic rings. The molecule has 0 N–H and O–H groups in total. The van der Waals surface area contributed by atoms with Crippen molar-refractivity contribution in [3.05, 3.63) is 52.8 Å². The van der Waals surface area contributed by atoms with E-state index in [1.165, 1.54) is 70.0 Å². The minimum atomic E-state index is 0.218. The fourth-order valence-electron chi connectivity index (χ4n) is 6.40. The normalized spacial score (nSPS) is 15.8. The van der Waals surface area contributed by atoms with Gasteiger partial charge < -0.3 is 9.15 Å². The van der Waals surface area contributed by atoms with E-state index in [2.05, 4.69) is 70.5 Å². The van der Waals surface area contributed by atoms with Crippen LogP contribution in [0.25, 0.3) is 33.1 Å². The monoisotopic (exact) mass is 454 g/mol. The number of hydrogen-bond acceptors (Lipinski definition) is 2. The average Bonchev–Trinajstić information content (AvgIpc) is 3.45. The second-order valence-electron chi connectivity index (χ2n) is 11.9.